The Kier molecular flexibility index (Phi) is 5.65. The molecule has 1 aromatic carbocycles. The highest BCUT2D eigenvalue weighted by atomic mass is 16.5. The monoisotopic (exact) mass is 290 g/mol. The standard InChI is InChI=1S/C18H30N2O/c1-13(2)15-8-10-20(11-9-15)18(14(3)19)16-6-5-7-17(12-16)21-4/h5-7,12-15,18H,8-11,19H2,1-4H3. The molecule has 118 valence electrons. The normalized spacial score (nSPS) is 20.5. The number of hydrogen-bond acceptors (Lipinski definition) is 3. The zero-order valence-electron chi connectivity index (χ0n) is 13.9. The van der Waals surface area contributed by atoms with Crippen LogP contribution in [0.2, 0.25) is 0 Å². The molecule has 0 radical (unpaired) electrons. The molecule has 1 saturated heterocycles. The SMILES string of the molecule is COc1cccc(C(C(C)N)N2CCC(C(C)C)CC2)c1. The second kappa shape index (κ2) is 7.28. The van der Waals surface area contributed by atoms with Gasteiger partial charge in [-0.2, -0.15) is 0 Å². The van der Waals surface area contributed by atoms with Gasteiger partial charge in [-0.25, -0.2) is 0 Å². The van der Waals surface area contributed by atoms with E-state index in [2.05, 4.69) is 43.9 Å². The third-order valence-corrected chi connectivity index (χ3v) is 4.84. The van der Waals surface area contributed by atoms with Crippen LogP contribution in [0.1, 0.15) is 45.2 Å². The molecule has 0 amide bonds. The fourth-order valence-electron chi connectivity index (χ4n) is 3.54. The minimum Gasteiger partial charge on any atom is -0.497 e. The predicted octanol–water partition coefficient (Wildman–Crippen LogP) is 3.45. The average molecular weight is 290 g/mol. The molecule has 1 aliphatic heterocycles. The highest BCUT2D eigenvalue weighted by Gasteiger charge is 2.29. The molecule has 0 aliphatic carbocycles. The molecule has 1 fully saturated rings. The van der Waals surface area contributed by atoms with Gasteiger partial charge in [0.05, 0.1) is 7.11 Å². The van der Waals surface area contributed by atoms with E-state index in [4.69, 9.17) is 10.5 Å². The summed E-state index contributed by atoms with van der Waals surface area (Å²) >= 11 is 0. The summed E-state index contributed by atoms with van der Waals surface area (Å²) in [7, 11) is 1.72. The van der Waals surface area contributed by atoms with Crippen molar-refractivity contribution in [2.75, 3.05) is 20.2 Å². The maximum absolute atomic E-state index is 6.30. The summed E-state index contributed by atoms with van der Waals surface area (Å²) in [6, 6.07) is 8.76. The van der Waals surface area contributed by atoms with Gasteiger partial charge in [0.25, 0.3) is 0 Å². The van der Waals surface area contributed by atoms with Crippen LogP contribution < -0.4 is 10.5 Å². The molecular weight excluding hydrogens is 260 g/mol. The van der Waals surface area contributed by atoms with Crippen LogP contribution in [0, 0.1) is 11.8 Å². The van der Waals surface area contributed by atoms with Crippen LogP contribution in [0.4, 0.5) is 0 Å². The van der Waals surface area contributed by atoms with E-state index in [1.807, 2.05) is 6.07 Å². The second-order valence-electron chi connectivity index (χ2n) is 6.70. The van der Waals surface area contributed by atoms with Gasteiger partial charge in [-0.05, 0) is 62.4 Å². The Labute approximate surface area is 129 Å². The molecule has 2 N–H and O–H groups in total. The number of methoxy groups -OCH3 is 1. The summed E-state index contributed by atoms with van der Waals surface area (Å²) in [4.78, 5) is 2.55. The Morgan fingerprint density at radius 2 is 1.86 bits per heavy atom. The van der Waals surface area contributed by atoms with Gasteiger partial charge >= 0.3 is 0 Å². The van der Waals surface area contributed by atoms with Crippen LogP contribution in [-0.2, 0) is 0 Å². The van der Waals surface area contributed by atoms with E-state index in [1.165, 1.54) is 18.4 Å². The smallest absolute Gasteiger partial charge is 0.119 e. The van der Waals surface area contributed by atoms with Gasteiger partial charge in [0.2, 0.25) is 0 Å². The fraction of sp³-hybridized carbons (Fsp3) is 0.667. The molecule has 21 heavy (non-hydrogen) atoms. The number of likely N-dealkylation sites (tertiary alicyclic amines) is 1. The van der Waals surface area contributed by atoms with Crippen LogP contribution >= 0.6 is 0 Å². The Hall–Kier alpha value is -1.06. The summed E-state index contributed by atoms with van der Waals surface area (Å²) in [6.45, 7) is 9.08. The Morgan fingerprint density at radius 1 is 1.19 bits per heavy atom. The molecule has 1 aromatic rings. The number of ether oxygens (including phenoxy) is 1. The van der Waals surface area contributed by atoms with Crippen molar-refractivity contribution in [2.45, 2.75) is 45.7 Å². The zero-order valence-corrected chi connectivity index (χ0v) is 13.9. The highest BCUT2D eigenvalue weighted by Crippen LogP contribution is 2.32. The van der Waals surface area contributed by atoms with E-state index in [0.29, 0.717) is 0 Å². The molecular formula is C18H30N2O. The molecule has 0 spiro atoms. The number of hydrogen-bond donors (Lipinski definition) is 1. The van der Waals surface area contributed by atoms with Crippen molar-refractivity contribution in [1.82, 2.24) is 4.90 Å². The van der Waals surface area contributed by atoms with E-state index < -0.39 is 0 Å². The van der Waals surface area contributed by atoms with E-state index in [-0.39, 0.29) is 12.1 Å². The lowest BCUT2D eigenvalue weighted by Crippen LogP contribution is -2.44. The minimum atomic E-state index is 0.118. The first kappa shape index (κ1) is 16.3. The summed E-state index contributed by atoms with van der Waals surface area (Å²) in [5.41, 5.74) is 7.57. The van der Waals surface area contributed by atoms with Crippen LogP contribution in [-0.4, -0.2) is 31.1 Å². The number of nitrogens with zero attached hydrogens (tertiary/aromatic N) is 1. The Morgan fingerprint density at radius 3 is 2.38 bits per heavy atom. The van der Waals surface area contributed by atoms with Crippen molar-refractivity contribution >= 4 is 0 Å². The number of nitrogens with two attached hydrogens (primary N) is 1. The molecule has 2 atom stereocenters. The van der Waals surface area contributed by atoms with Crippen LogP contribution in [0.3, 0.4) is 0 Å². The van der Waals surface area contributed by atoms with Gasteiger partial charge in [0.15, 0.2) is 0 Å². The number of piperidine rings is 1. The third kappa shape index (κ3) is 3.98. The molecule has 2 rings (SSSR count). The first-order valence-electron chi connectivity index (χ1n) is 8.16. The molecule has 3 nitrogen and oxygen atoms in total. The molecule has 1 aliphatic rings. The zero-order chi connectivity index (χ0) is 15.4. The summed E-state index contributed by atoms with van der Waals surface area (Å²) in [5.74, 6) is 2.56. The maximum Gasteiger partial charge on any atom is 0.119 e. The number of benzene rings is 1. The topological polar surface area (TPSA) is 38.5 Å². The van der Waals surface area contributed by atoms with Gasteiger partial charge in [-0.1, -0.05) is 26.0 Å². The van der Waals surface area contributed by atoms with Gasteiger partial charge in [-0.3, -0.25) is 4.90 Å². The minimum absolute atomic E-state index is 0.118. The Balaban J connectivity index is 2.13. The first-order chi connectivity index (χ1) is 10.0. The van der Waals surface area contributed by atoms with Gasteiger partial charge in [-0.15, -0.1) is 0 Å². The van der Waals surface area contributed by atoms with Crippen molar-refractivity contribution in [3.63, 3.8) is 0 Å². The molecule has 1 heterocycles. The highest BCUT2D eigenvalue weighted by molar-refractivity contribution is 5.31. The largest absolute Gasteiger partial charge is 0.497 e. The Bertz CT molecular complexity index is 437. The fourth-order valence-corrected chi connectivity index (χ4v) is 3.54. The van der Waals surface area contributed by atoms with Crippen molar-refractivity contribution < 1.29 is 4.74 Å². The third-order valence-electron chi connectivity index (χ3n) is 4.84. The van der Waals surface area contributed by atoms with Crippen LogP contribution in [0.5, 0.6) is 5.75 Å². The predicted molar refractivity (Wildman–Crippen MR) is 88.5 cm³/mol. The summed E-state index contributed by atoms with van der Waals surface area (Å²) < 4.78 is 5.36. The summed E-state index contributed by atoms with van der Waals surface area (Å²) in [5, 5.41) is 0. The molecule has 2 unspecified atom stereocenters. The second-order valence-corrected chi connectivity index (χ2v) is 6.70. The quantitative estimate of drug-likeness (QED) is 0.902. The molecule has 0 bridgehead atoms. The lowest BCUT2D eigenvalue weighted by molar-refractivity contribution is 0.103. The van der Waals surface area contributed by atoms with E-state index in [0.717, 1.165) is 30.7 Å². The van der Waals surface area contributed by atoms with Crippen molar-refractivity contribution in [1.29, 1.82) is 0 Å². The average Bonchev–Trinajstić information content (AvgIpc) is 2.48. The van der Waals surface area contributed by atoms with Crippen LogP contribution in [0.15, 0.2) is 24.3 Å². The van der Waals surface area contributed by atoms with Gasteiger partial charge in [0, 0.05) is 12.1 Å². The molecule has 0 saturated carbocycles. The van der Waals surface area contributed by atoms with Crippen molar-refractivity contribution in [2.24, 2.45) is 17.6 Å². The van der Waals surface area contributed by atoms with Gasteiger partial charge < -0.3 is 10.5 Å². The van der Waals surface area contributed by atoms with Crippen molar-refractivity contribution in [3.05, 3.63) is 29.8 Å². The lowest BCUT2D eigenvalue weighted by Gasteiger charge is -2.40. The molecule has 0 aromatic heterocycles. The van der Waals surface area contributed by atoms with Crippen LogP contribution in [0.25, 0.3) is 0 Å². The van der Waals surface area contributed by atoms with E-state index in [9.17, 15) is 0 Å². The van der Waals surface area contributed by atoms with Crippen molar-refractivity contribution in [3.8, 4) is 5.75 Å². The van der Waals surface area contributed by atoms with E-state index in [1.54, 1.807) is 7.11 Å². The van der Waals surface area contributed by atoms with E-state index >= 15 is 0 Å². The maximum atomic E-state index is 6.30. The summed E-state index contributed by atoms with van der Waals surface area (Å²) in [6.07, 6.45) is 2.57. The first-order valence-corrected chi connectivity index (χ1v) is 8.16. The lowest BCUT2D eigenvalue weighted by atomic mass is 9.85. The van der Waals surface area contributed by atoms with Gasteiger partial charge in [0.1, 0.15) is 5.75 Å². The molecule has 3 heteroatoms. The number of rotatable bonds is 5.